The minimum atomic E-state index is -0.281. The molecule has 0 aliphatic carbocycles. The highest BCUT2D eigenvalue weighted by atomic mass is 15.4. The van der Waals surface area contributed by atoms with Crippen molar-refractivity contribution in [2.45, 2.75) is 0 Å². The number of hydrogen-bond donors (Lipinski definition) is 7. The first kappa shape index (κ1) is 9.66. The molecule has 7 nitrogen and oxygen atoms in total. The molecule has 0 rings (SSSR count). The minimum absolute atomic E-state index is 0.0778. The summed E-state index contributed by atoms with van der Waals surface area (Å²) >= 11 is 0. The van der Waals surface area contributed by atoms with Crippen LogP contribution >= 0.6 is 0 Å². The van der Waals surface area contributed by atoms with E-state index in [1.807, 2.05) is 0 Å². The van der Waals surface area contributed by atoms with Crippen LogP contribution in [0.25, 0.3) is 0 Å². The molecule has 0 bridgehead atoms. The second-order valence-corrected chi connectivity index (χ2v) is 1.75. The maximum absolute atomic E-state index is 7.05. The number of hydrazine groups is 1. The van der Waals surface area contributed by atoms with Crippen molar-refractivity contribution in [2.75, 3.05) is 13.1 Å². The highest BCUT2D eigenvalue weighted by Crippen LogP contribution is 1.54. The molecule has 0 radical (unpaired) electrons. The van der Waals surface area contributed by atoms with Gasteiger partial charge in [0.25, 0.3) is 0 Å². The molecule has 0 amide bonds. The van der Waals surface area contributed by atoms with Gasteiger partial charge >= 0.3 is 0 Å². The third-order valence-corrected chi connectivity index (χ3v) is 0.742. The molecule has 9 N–H and O–H groups in total. The summed E-state index contributed by atoms with van der Waals surface area (Å²) in [6.07, 6.45) is 0. The fraction of sp³-hybridized carbons (Fsp3) is 0.500. The van der Waals surface area contributed by atoms with Gasteiger partial charge in [-0.2, -0.15) is 0 Å². The van der Waals surface area contributed by atoms with Gasteiger partial charge in [0.15, 0.2) is 5.96 Å². The summed E-state index contributed by atoms with van der Waals surface area (Å²) in [4.78, 5) is 0. The van der Waals surface area contributed by atoms with Crippen LogP contribution in [0.3, 0.4) is 0 Å². The highest BCUT2D eigenvalue weighted by molar-refractivity contribution is 5.94. The van der Waals surface area contributed by atoms with E-state index in [0.29, 0.717) is 13.1 Å². The van der Waals surface area contributed by atoms with Crippen molar-refractivity contribution in [3.05, 3.63) is 0 Å². The van der Waals surface area contributed by atoms with E-state index < -0.39 is 0 Å². The van der Waals surface area contributed by atoms with Crippen LogP contribution < -0.4 is 27.6 Å². The SMILES string of the molecule is N=C(N)NC(=N)NNCCN. The first-order chi connectivity index (χ1) is 5.16. The molecule has 0 aromatic carbocycles. The number of guanidine groups is 2. The van der Waals surface area contributed by atoms with Gasteiger partial charge in [-0.15, -0.1) is 0 Å². The van der Waals surface area contributed by atoms with Gasteiger partial charge in [0, 0.05) is 13.1 Å². The zero-order valence-corrected chi connectivity index (χ0v) is 6.07. The number of nitrogens with two attached hydrogens (primary N) is 2. The van der Waals surface area contributed by atoms with Crippen LogP contribution in [-0.4, -0.2) is 25.0 Å². The van der Waals surface area contributed by atoms with Crippen molar-refractivity contribution in [3.63, 3.8) is 0 Å². The van der Waals surface area contributed by atoms with Gasteiger partial charge in [0.1, 0.15) is 0 Å². The highest BCUT2D eigenvalue weighted by Gasteiger charge is 1.92. The molecule has 7 heteroatoms. The van der Waals surface area contributed by atoms with Gasteiger partial charge in [0.2, 0.25) is 5.96 Å². The molecule has 0 unspecified atom stereocenters. The van der Waals surface area contributed by atoms with Crippen LogP contribution in [0.1, 0.15) is 0 Å². The van der Waals surface area contributed by atoms with Crippen molar-refractivity contribution < 1.29 is 0 Å². The topological polar surface area (TPSA) is 136 Å². The predicted octanol–water partition coefficient (Wildman–Crippen LogP) is -2.54. The first-order valence-electron chi connectivity index (χ1n) is 3.05. The first-order valence-corrected chi connectivity index (χ1v) is 3.05. The Kier molecular flexibility index (Phi) is 4.78. The molecule has 0 heterocycles. The molecule has 0 spiro atoms. The van der Waals surface area contributed by atoms with Gasteiger partial charge in [-0.1, -0.05) is 0 Å². The third kappa shape index (κ3) is 6.55. The van der Waals surface area contributed by atoms with E-state index in [9.17, 15) is 0 Å². The zero-order valence-electron chi connectivity index (χ0n) is 6.07. The largest absolute Gasteiger partial charge is 0.370 e. The van der Waals surface area contributed by atoms with Crippen molar-refractivity contribution in [1.82, 2.24) is 16.2 Å². The smallest absolute Gasteiger partial charge is 0.209 e. The quantitative estimate of drug-likeness (QED) is 0.105. The lowest BCUT2D eigenvalue weighted by Crippen LogP contribution is -2.49. The fourth-order valence-corrected chi connectivity index (χ4v) is 0.389. The van der Waals surface area contributed by atoms with E-state index in [4.69, 9.17) is 22.3 Å². The number of nitrogens with one attached hydrogen (secondary N) is 5. The van der Waals surface area contributed by atoms with Crippen LogP contribution in [-0.2, 0) is 0 Å². The Labute approximate surface area is 64.5 Å². The predicted molar refractivity (Wildman–Crippen MR) is 43.0 cm³/mol. The van der Waals surface area contributed by atoms with Gasteiger partial charge in [0.05, 0.1) is 0 Å². The van der Waals surface area contributed by atoms with E-state index in [-0.39, 0.29) is 11.9 Å². The van der Waals surface area contributed by atoms with Crippen LogP contribution in [0.2, 0.25) is 0 Å². The maximum atomic E-state index is 7.05. The summed E-state index contributed by atoms with van der Waals surface area (Å²) in [5.41, 5.74) is 15.2. The number of hydrogen-bond acceptors (Lipinski definition) is 4. The minimum Gasteiger partial charge on any atom is -0.370 e. The molecule has 0 atom stereocenters. The van der Waals surface area contributed by atoms with Crippen molar-refractivity contribution in [2.24, 2.45) is 11.5 Å². The summed E-state index contributed by atoms with van der Waals surface area (Å²) in [5, 5.41) is 16.0. The standard InChI is InChI=1S/C4H13N7/c5-1-2-9-11-4(8)10-3(6)7/h9H,1-2,5H2,(H6,6,7,8,10,11). The zero-order chi connectivity index (χ0) is 8.69. The van der Waals surface area contributed by atoms with Crippen molar-refractivity contribution in [3.8, 4) is 0 Å². The Balaban J connectivity index is 3.30. The Bertz CT molecular complexity index is 141. The van der Waals surface area contributed by atoms with Crippen molar-refractivity contribution >= 4 is 11.9 Å². The monoisotopic (exact) mass is 159 g/mol. The van der Waals surface area contributed by atoms with Gasteiger partial charge < -0.3 is 11.5 Å². The Morgan fingerprint density at radius 1 is 1.36 bits per heavy atom. The molecule has 0 saturated heterocycles. The maximum Gasteiger partial charge on any atom is 0.209 e. The summed E-state index contributed by atoms with van der Waals surface area (Å²) in [5.74, 6) is -0.358. The van der Waals surface area contributed by atoms with E-state index >= 15 is 0 Å². The molecular formula is C4H13N7. The second kappa shape index (κ2) is 5.45. The lowest BCUT2D eigenvalue weighted by molar-refractivity contribution is 0.647. The molecule has 0 aliphatic rings. The van der Waals surface area contributed by atoms with E-state index in [1.165, 1.54) is 0 Å². The summed E-state index contributed by atoms with van der Waals surface area (Å²) in [7, 11) is 0. The Hall–Kier alpha value is -1.34. The molecule has 11 heavy (non-hydrogen) atoms. The van der Waals surface area contributed by atoms with Crippen LogP contribution in [0, 0.1) is 10.8 Å². The molecule has 0 fully saturated rings. The second-order valence-electron chi connectivity index (χ2n) is 1.75. The lowest BCUT2D eigenvalue weighted by Gasteiger charge is -2.08. The summed E-state index contributed by atoms with van der Waals surface area (Å²) in [6.45, 7) is 1.02. The third-order valence-electron chi connectivity index (χ3n) is 0.742. The molecule has 0 aromatic heterocycles. The van der Waals surface area contributed by atoms with Gasteiger partial charge in [-0.3, -0.25) is 21.6 Å². The van der Waals surface area contributed by atoms with Crippen LogP contribution in [0.4, 0.5) is 0 Å². The van der Waals surface area contributed by atoms with Gasteiger partial charge in [-0.25, -0.2) is 5.43 Å². The Morgan fingerprint density at radius 3 is 2.45 bits per heavy atom. The summed E-state index contributed by atoms with van der Waals surface area (Å²) in [6, 6.07) is 0. The van der Waals surface area contributed by atoms with Crippen molar-refractivity contribution in [1.29, 1.82) is 10.8 Å². The number of rotatable bonds is 3. The Morgan fingerprint density at radius 2 is 2.00 bits per heavy atom. The summed E-state index contributed by atoms with van der Waals surface area (Å²) < 4.78 is 0. The fourth-order valence-electron chi connectivity index (χ4n) is 0.389. The van der Waals surface area contributed by atoms with Gasteiger partial charge in [-0.05, 0) is 0 Å². The van der Waals surface area contributed by atoms with E-state index in [1.54, 1.807) is 0 Å². The molecular weight excluding hydrogens is 146 g/mol. The van der Waals surface area contributed by atoms with E-state index in [2.05, 4.69) is 16.2 Å². The average Bonchev–Trinajstić information content (AvgIpc) is 1.86. The van der Waals surface area contributed by atoms with Crippen LogP contribution in [0.15, 0.2) is 0 Å². The molecule has 0 aromatic rings. The molecule has 64 valence electrons. The lowest BCUT2D eigenvalue weighted by atomic mass is 10.7. The molecule has 0 aliphatic heterocycles. The van der Waals surface area contributed by atoms with E-state index in [0.717, 1.165) is 0 Å². The van der Waals surface area contributed by atoms with Crippen LogP contribution in [0.5, 0.6) is 0 Å². The normalized spacial score (nSPS) is 8.82. The average molecular weight is 159 g/mol. The molecule has 0 saturated carbocycles.